The third-order valence-electron chi connectivity index (χ3n) is 5.84. The molecule has 1 aromatic carbocycles. The van der Waals surface area contributed by atoms with E-state index in [0.29, 0.717) is 0 Å². The van der Waals surface area contributed by atoms with E-state index in [1.54, 1.807) is 0 Å². The van der Waals surface area contributed by atoms with Crippen LogP contribution in [0.5, 0.6) is 0 Å². The van der Waals surface area contributed by atoms with Gasteiger partial charge in [0.05, 0.1) is 5.69 Å². The highest BCUT2D eigenvalue weighted by molar-refractivity contribution is 5.65. The van der Waals surface area contributed by atoms with Gasteiger partial charge >= 0.3 is 53.6 Å². The molecule has 1 heterocycles. The van der Waals surface area contributed by atoms with Crippen LogP contribution in [0, 0.1) is 0 Å². The number of aromatic nitrogens is 2. The SMILES string of the molecule is CCc1c(-c2ccccc2)nc(N)nc1C(F)(F)C(F)(F)C(F)(F)C(F)(F)C(F)(F)C(F)(F)C(F)(F)C(F)(F)C(F)(F)F. The van der Waals surface area contributed by atoms with E-state index in [0.717, 1.165) is 19.1 Å². The van der Waals surface area contributed by atoms with Crippen molar-refractivity contribution in [1.82, 2.24) is 9.97 Å². The molecule has 0 amide bonds. The molecule has 0 fully saturated rings. The van der Waals surface area contributed by atoms with Gasteiger partial charge in [-0.1, -0.05) is 37.3 Å². The molecule has 0 unspecified atom stereocenters. The first-order valence-corrected chi connectivity index (χ1v) is 10.7. The van der Waals surface area contributed by atoms with E-state index >= 15 is 0 Å². The van der Waals surface area contributed by atoms with Crippen molar-refractivity contribution in [3.63, 3.8) is 0 Å². The fraction of sp³-hybridized carbons (Fsp3) is 0.524. The second-order valence-corrected chi connectivity index (χ2v) is 8.57. The molecular weight excluding hydrogens is 655 g/mol. The Morgan fingerprint density at radius 1 is 0.535 bits per heavy atom. The van der Waals surface area contributed by atoms with Crippen LogP contribution in [0.3, 0.4) is 0 Å². The van der Waals surface area contributed by atoms with Crippen molar-refractivity contribution in [3.05, 3.63) is 41.6 Å². The average molecular weight is 667 g/mol. The summed E-state index contributed by atoms with van der Waals surface area (Å²) in [6, 6.07) is 5.71. The highest BCUT2D eigenvalue weighted by Crippen LogP contribution is 2.66. The van der Waals surface area contributed by atoms with Gasteiger partial charge in [-0.15, -0.1) is 0 Å². The lowest BCUT2D eigenvalue weighted by atomic mass is 9.86. The largest absolute Gasteiger partial charge is 0.460 e. The predicted molar refractivity (Wildman–Crippen MR) is 106 cm³/mol. The van der Waals surface area contributed by atoms with E-state index in [1.165, 1.54) is 18.2 Å². The lowest BCUT2D eigenvalue weighted by molar-refractivity contribution is -0.469. The van der Waals surface area contributed by atoms with E-state index in [-0.39, 0.29) is 5.56 Å². The number of nitrogen functional groups attached to an aromatic ring is 1. The monoisotopic (exact) mass is 667 g/mol. The summed E-state index contributed by atoms with van der Waals surface area (Å²) >= 11 is 0. The highest BCUT2D eigenvalue weighted by Gasteiger charge is 2.96. The fourth-order valence-corrected chi connectivity index (χ4v) is 3.44. The Balaban J connectivity index is 2.82. The summed E-state index contributed by atoms with van der Waals surface area (Å²) in [6.07, 6.45) is -8.90. The second kappa shape index (κ2) is 10.2. The second-order valence-electron chi connectivity index (χ2n) is 8.57. The Hall–Kier alpha value is -3.23. The Bertz CT molecular complexity index is 1320. The van der Waals surface area contributed by atoms with E-state index < -0.39 is 82.9 Å². The summed E-state index contributed by atoms with van der Waals surface area (Å²) in [4.78, 5) is 5.96. The molecule has 0 atom stereocenters. The zero-order valence-corrected chi connectivity index (χ0v) is 20.2. The first kappa shape index (κ1) is 36.0. The number of nitrogens with zero attached hydrogens (tertiary/aromatic N) is 2. The summed E-state index contributed by atoms with van der Waals surface area (Å²) in [5.74, 6) is -69.1. The van der Waals surface area contributed by atoms with Crippen LogP contribution in [0.25, 0.3) is 11.3 Å². The van der Waals surface area contributed by atoms with Gasteiger partial charge in [0.1, 0.15) is 5.69 Å². The molecule has 2 N–H and O–H groups in total. The molecule has 0 saturated carbocycles. The summed E-state index contributed by atoms with van der Waals surface area (Å²) in [5.41, 5.74) is 0.00222. The van der Waals surface area contributed by atoms with Crippen LogP contribution < -0.4 is 5.73 Å². The molecule has 2 aromatic rings. The van der Waals surface area contributed by atoms with Crippen LogP contribution in [0.2, 0.25) is 0 Å². The summed E-state index contributed by atoms with van der Waals surface area (Å²) in [5, 5.41) is 0. The van der Waals surface area contributed by atoms with Crippen LogP contribution in [-0.4, -0.2) is 57.6 Å². The van der Waals surface area contributed by atoms with Crippen LogP contribution in [0.15, 0.2) is 30.3 Å². The molecule has 22 heteroatoms. The van der Waals surface area contributed by atoms with Crippen molar-refractivity contribution in [2.75, 3.05) is 5.73 Å². The number of halogens is 19. The minimum atomic E-state index is -9.01. The number of nitrogens with two attached hydrogens (primary N) is 1. The van der Waals surface area contributed by atoms with Gasteiger partial charge in [-0.3, -0.25) is 0 Å². The normalized spacial score (nSPS) is 15.2. The minimum Gasteiger partial charge on any atom is -0.368 e. The lowest BCUT2D eigenvalue weighted by Crippen LogP contribution is -2.75. The van der Waals surface area contributed by atoms with Gasteiger partial charge in [0, 0.05) is 11.1 Å². The van der Waals surface area contributed by atoms with Crippen molar-refractivity contribution >= 4 is 5.95 Å². The molecule has 0 aliphatic rings. The quantitative estimate of drug-likeness (QED) is 0.259. The Morgan fingerprint density at radius 2 is 0.907 bits per heavy atom. The van der Waals surface area contributed by atoms with E-state index in [9.17, 15) is 83.4 Å². The van der Waals surface area contributed by atoms with Gasteiger partial charge in [0.2, 0.25) is 5.95 Å². The smallest absolute Gasteiger partial charge is 0.368 e. The van der Waals surface area contributed by atoms with Gasteiger partial charge in [0.15, 0.2) is 0 Å². The number of hydrogen-bond donors (Lipinski definition) is 1. The maximum Gasteiger partial charge on any atom is 0.460 e. The fourth-order valence-electron chi connectivity index (χ4n) is 3.44. The maximum atomic E-state index is 15.0. The van der Waals surface area contributed by atoms with Gasteiger partial charge in [-0.05, 0) is 6.42 Å². The molecule has 0 aliphatic carbocycles. The molecule has 43 heavy (non-hydrogen) atoms. The molecule has 0 aliphatic heterocycles. The summed E-state index contributed by atoms with van der Waals surface area (Å²) < 4.78 is 261. The number of anilines is 1. The third-order valence-corrected chi connectivity index (χ3v) is 5.84. The topological polar surface area (TPSA) is 51.8 Å². The highest BCUT2D eigenvalue weighted by atomic mass is 19.4. The number of benzene rings is 1. The number of hydrogen-bond acceptors (Lipinski definition) is 3. The number of alkyl halides is 19. The van der Waals surface area contributed by atoms with Crippen LogP contribution >= 0.6 is 0 Å². The molecule has 0 bridgehead atoms. The third kappa shape index (κ3) is 4.78. The van der Waals surface area contributed by atoms with Crippen molar-refractivity contribution in [1.29, 1.82) is 0 Å². The van der Waals surface area contributed by atoms with Crippen molar-refractivity contribution in [3.8, 4) is 11.3 Å². The first-order valence-electron chi connectivity index (χ1n) is 10.7. The van der Waals surface area contributed by atoms with Gasteiger partial charge in [0.25, 0.3) is 0 Å². The standard InChI is InChI=1S/C21H12F19N3/c1-2-9-10(8-6-4-3-5-7-8)42-12(41)43-11(9)13(22,23)14(24,25)15(26,27)16(28,29)17(30,31)18(32,33)19(34,35)20(36,37)21(38,39)40/h3-7H,2H2,1H3,(H2,41,42,43). The Morgan fingerprint density at radius 3 is 1.28 bits per heavy atom. The Labute approximate surface area is 225 Å². The lowest BCUT2D eigenvalue weighted by Gasteiger charge is -2.43. The van der Waals surface area contributed by atoms with Gasteiger partial charge in [-0.2, -0.15) is 83.4 Å². The van der Waals surface area contributed by atoms with E-state index in [1.807, 2.05) is 0 Å². The summed E-state index contributed by atoms with van der Waals surface area (Å²) in [7, 11) is 0. The van der Waals surface area contributed by atoms with Crippen molar-refractivity contribution in [2.45, 2.75) is 66.9 Å². The summed E-state index contributed by atoms with van der Waals surface area (Å²) in [6.45, 7) is 0.837. The maximum absolute atomic E-state index is 15.0. The number of rotatable bonds is 10. The van der Waals surface area contributed by atoms with Crippen molar-refractivity contribution in [2.24, 2.45) is 0 Å². The molecular formula is C21H12F19N3. The van der Waals surface area contributed by atoms with E-state index in [2.05, 4.69) is 9.97 Å². The van der Waals surface area contributed by atoms with Crippen LogP contribution in [0.4, 0.5) is 89.4 Å². The first-order chi connectivity index (χ1) is 18.9. The molecule has 1 aromatic heterocycles. The van der Waals surface area contributed by atoms with Crippen molar-refractivity contribution < 1.29 is 83.4 Å². The molecule has 0 saturated heterocycles. The average Bonchev–Trinajstić information content (AvgIpc) is 2.87. The molecule has 3 nitrogen and oxygen atoms in total. The minimum absolute atomic E-state index is 0.287. The van der Waals surface area contributed by atoms with Crippen LogP contribution in [0.1, 0.15) is 18.2 Å². The zero-order valence-electron chi connectivity index (χ0n) is 20.2. The zero-order chi connectivity index (χ0) is 34.0. The molecule has 2 rings (SSSR count). The molecule has 244 valence electrons. The predicted octanol–water partition coefficient (Wildman–Crippen LogP) is 8.39. The van der Waals surface area contributed by atoms with Gasteiger partial charge < -0.3 is 5.73 Å². The molecule has 0 radical (unpaired) electrons. The Kier molecular flexibility index (Phi) is 8.50. The van der Waals surface area contributed by atoms with Gasteiger partial charge in [-0.25, -0.2) is 9.97 Å². The van der Waals surface area contributed by atoms with Crippen LogP contribution in [-0.2, 0) is 12.3 Å². The van der Waals surface area contributed by atoms with E-state index in [4.69, 9.17) is 5.73 Å². The molecule has 0 spiro atoms.